The van der Waals surface area contributed by atoms with Crippen LogP contribution in [0.4, 0.5) is 4.39 Å². The highest BCUT2D eigenvalue weighted by Gasteiger charge is 2.04. The van der Waals surface area contributed by atoms with Gasteiger partial charge in [0.25, 0.3) is 0 Å². The highest BCUT2D eigenvalue weighted by atomic mass is 35.5. The number of hydrogen-bond donors (Lipinski definition) is 2. The van der Waals surface area contributed by atoms with Gasteiger partial charge in [-0.1, -0.05) is 12.1 Å². The lowest BCUT2D eigenvalue weighted by molar-refractivity contribution is 0.280. The summed E-state index contributed by atoms with van der Waals surface area (Å²) < 4.78 is 12.5. The molecule has 0 fully saturated rings. The zero-order valence-corrected chi connectivity index (χ0v) is 8.64. The predicted octanol–water partition coefficient (Wildman–Crippen LogP) is 2.02. The molecule has 0 saturated heterocycles. The minimum absolute atomic E-state index is 0. The van der Waals surface area contributed by atoms with Gasteiger partial charge in [-0.15, -0.1) is 12.4 Å². The summed E-state index contributed by atoms with van der Waals surface area (Å²) in [6.07, 6.45) is 1.40. The smallest absolute Gasteiger partial charge is 0.123 e. The Bertz CT molecular complexity index is 253. The second-order valence-electron chi connectivity index (χ2n) is 3.02. The number of rotatable bonds is 4. The molecule has 0 spiro atoms. The van der Waals surface area contributed by atoms with Crippen molar-refractivity contribution in [2.75, 3.05) is 6.61 Å². The summed E-state index contributed by atoms with van der Waals surface area (Å²) in [6.45, 7) is 0.148. The van der Waals surface area contributed by atoms with Gasteiger partial charge in [0, 0.05) is 12.6 Å². The molecule has 0 bridgehead atoms. The molecule has 1 atom stereocenters. The third kappa shape index (κ3) is 4.05. The van der Waals surface area contributed by atoms with Crippen molar-refractivity contribution in [3.63, 3.8) is 0 Å². The van der Waals surface area contributed by atoms with Crippen LogP contribution < -0.4 is 5.73 Å². The van der Waals surface area contributed by atoms with Crippen molar-refractivity contribution < 1.29 is 9.50 Å². The molecule has 1 aromatic rings. The minimum atomic E-state index is -0.252. The summed E-state index contributed by atoms with van der Waals surface area (Å²) in [5.41, 5.74) is 6.71. The van der Waals surface area contributed by atoms with Crippen LogP contribution in [-0.4, -0.2) is 11.7 Å². The Morgan fingerprint density at radius 2 is 1.86 bits per heavy atom. The van der Waals surface area contributed by atoms with E-state index in [9.17, 15) is 4.39 Å². The normalized spacial score (nSPS) is 11.9. The number of halogens is 2. The molecule has 0 radical (unpaired) electrons. The maximum atomic E-state index is 12.5. The van der Waals surface area contributed by atoms with Gasteiger partial charge in [0.2, 0.25) is 0 Å². The molecule has 0 unspecified atom stereocenters. The maximum Gasteiger partial charge on any atom is 0.123 e. The first-order chi connectivity index (χ1) is 6.24. The summed E-state index contributed by atoms with van der Waals surface area (Å²) in [6, 6.07) is 6.05. The molecule has 14 heavy (non-hydrogen) atoms. The van der Waals surface area contributed by atoms with E-state index < -0.39 is 0 Å². The van der Waals surface area contributed by atoms with Crippen LogP contribution in [0.2, 0.25) is 0 Å². The minimum Gasteiger partial charge on any atom is -0.396 e. The Labute approximate surface area is 89.3 Å². The van der Waals surface area contributed by atoms with Crippen LogP contribution in [0.3, 0.4) is 0 Å². The number of hydrogen-bond acceptors (Lipinski definition) is 2. The first kappa shape index (κ1) is 13.4. The fourth-order valence-corrected chi connectivity index (χ4v) is 1.19. The number of aliphatic hydroxyl groups is 1. The molecule has 0 heterocycles. The predicted molar refractivity (Wildman–Crippen MR) is 56.9 cm³/mol. The fourth-order valence-electron chi connectivity index (χ4n) is 1.19. The molecule has 0 saturated carbocycles. The van der Waals surface area contributed by atoms with Crippen molar-refractivity contribution in [3.8, 4) is 0 Å². The van der Waals surface area contributed by atoms with Crippen LogP contribution in [0.1, 0.15) is 24.4 Å². The highest BCUT2D eigenvalue weighted by Crippen LogP contribution is 2.15. The SMILES string of the molecule is Cl.N[C@@H](CCCO)c1ccc(F)cc1. The van der Waals surface area contributed by atoms with E-state index in [1.54, 1.807) is 12.1 Å². The Morgan fingerprint density at radius 1 is 1.29 bits per heavy atom. The molecule has 1 rings (SSSR count). The van der Waals surface area contributed by atoms with Crippen LogP contribution in [0, 0.1) is 5.82 Å². The average molecular weight is 220 g/mol. The van der Waals surface area contributed by atoms with Crippen molar-refractivity contribution in [3.05, 3.63) is 35.6 Å². The summed E-state index contributed by atoms with van der Waals surface area (Å²) in [4.78, 5) is 0. The monoisotopic (exact) mass is 219 g/mol. The van der Waals surface area contributed by atoms with Crippen LogP contribution >= 0.6 is 12.4 Å². The van der Waals surface area contributed by atoms with Crippen LogP contribution in [0.5, 0.6) is 0 Å². The Morgan fingerprint density at radius 3 is 2.36 bits per heavy atom. The molecule has 2 nitrogen and oxygen atoms in total. The Kier molecular flexibility index (Phi) is 6.45. The van der Waals surface area contributed by atoms with Gasteiger partial charge in [-0.25, -0.2) is 4.39 Å². The average Bonchev–Trinajstić information content (AvgIpc) is 2.15. The molecule has 80 valence electrons. The maximum absolute atomic E-state index is 12.5. The van der Waals surface area contributed by atoms with Crippen molar-refractivity contribution in [2.24, 2.45) is 5.73 Å². The molecule has 4 heteroatoms. The van der Waals surface area contributed by atoms with Crippen molar-refractivity contribution >= 4 is 12.4 Å². The molecule has 0 aliphatic rings. The first-order valence-electron chi connectivity index (χ1n) is 4.36. The van der Waals surface area contributed by atoms with Gasteiger partial charge in [-0.3, -0.25) is 0 Å². The second kappa shape index (κ2) is 6.76. The molecule has 1 aromatic carbocycles. The number of nitrogens with two attached hydrogens (primary N) is 1. The van der Waals surface area contributed by atoms with Gasteiger partial charge in [0.05, 0.1) is 0 Å². The third-order valence-electron chi connectivity index (χ3n) is 1.97. The van der Waals surface area contributed by atoms with Crippen molar-refractivity contribution in [1.29, 1.82) is 0 Å². The molecule has 0 amide bonds. The largest absolute Gasteiger partial charge is 0.396 e. The van der Waals surface area contributed by atoms with E-state index in [1.165, 1.54) is 12.1 Å². The van der Waals surface area contributed by atoms with E-state index in [4.69, 9.17) is 10.8 Å². The van der Waals surface area contributed by atoms with E-state index in [0.717, 1.165) is 12.0 Å². The zero-order chi connectivity index (χ0) is 9.68. The Balaban J connectivity index is 0.00000169. The van der Waals surface area contributed by atoms with E-state index in [0.29, 0.717) is 6.42 Å². The van der Waals surface area contributed by atoms with Crippen LogP contribution in [-0.2, 0) is 0 Å². The van der Waals surface area contributed by atoms with Gasteiger partial charge in [0.15, 0.2) is 0 Å². The standard InChI is InChI=1S/C10H14FNO.ClH/c11-9-5-3-8(4-6-9)10(12)2-1-7-13;/h3-6,10,13H,1-2,7,12H2;1H/t10-;/m0./s1. The van der Waals surface area contributed by atoms with E-state index in [1.807, 2.05) is 0 Å². The van der Waals surface area contributed by atoms with Gasteiger partial charge in [-0.2, -0.15) is 0 Å². The van der Waals surface area contributed by atoms with Crippen molar-refractivity contribution in [1.82, 2.24) is 0 Å². The second-order valence-corrected chi connectivity index (χ2v) is 3.02. The quantitative estimate of drug-likeness (QED) is 0.814. The van der Waals surface area contributed by atoms with Crippen molar-refractivity contribution in [2.45, 2.75) is 18.9 Å². The van der Waals surface area contributed by atoms with Gasteiger partial charge >= 0.3 is 0 Å². The molecule has 0 aliphatic heterocycles. The van der Waals surface area contributed by atoms with E-state index in [2.05, 4.69) is 0 Å². The van der Waals surface area contributed by atoms with E-state index in [-0.39, 0.29) is 30.9 Å². The number of benzene rings is 1. The lowest BCUT2D eigenvalue weighted by atomic mass is 10.0. The van der Waals surface area contributed by atoms with Gasteiger partial charge in [-0.05, 0) is 30.5 Å². The summed E-state index contributed by atoms with van der Waals surface area (Å²) in [5.74, 6) is -0.252. The molecule has 3 N–H and O–H groups in total. The first-order valence-corrected chi connectivity index (χ1v) is 4.36. The van der Waals surface area contributed by atoms with Gasteiger partial charge < -0.3 is 10.8 Å². The summed E-state index contributed by atoms with van der Waals surface area (Å²) >= 11 is 0. The van der Waals surface area contributed by atoms with E-state index >= 15 is 0 Å². The van der Waals surface area contributed by atoms with Crippen LogP contribution in [0.25, 0.3) is 0 Å². The summed E-state index contributed by atoms with van der Waals surface area (Å²) in [7, 11) is 0. The molecular formula is C10H15ClFNO. The third-order valence-corrected chi connectivity index (χ3v) is 1.97. The number of aliphatic hydroxyl groups excluding tert-OH is 1. The lowest BCUT2D eigenvalue weighted by Gasteiger charge is -2.10. The van der Waals surface area contributed by atoms with Gasteiger partial charge in [0.1, 0.15) is 5.82 Å². The molecule has 0 aromatic heterocycles. The zero-order valence-electron chi connectivity index (χ0n) is 7.82. The highest BCUT2D eigenvalue weighted by molar-refractivity contribution is 5.85. The van der Waals surface area contributed by atoms with Crippen LogP contribution in [0.15, 0.2) is 24.3 Å². The topological polar surface area (TPSA) is 46.2 Å². The molecular weight excluding hydrogens is 205 g/mol. The molecule has 0 aliphatic carbocycles. The Hall–Kier alpha value is -0.640. The summed E-state index contributed by atoms with van der Waals surface area (Å²) in [5, 5.41) is 8.59. The fraction of sp³-hybridized carbons (Fsp3) is 0.400. The lowest BCUT2D eigenvalue weighted by Crippen LogP contribution is -2.10.